The first-order valence-corrected chi connectivity index (χ1v) is 10.2. The molecule has 2 N–H and O–H groups in total. The summed E-state index contributed by atoms with van der Waals surface area (Å²) >= 11 is 0. The molecule has 0 spiro atoms. The van der Waals surface area contributed by atoms with Crippen LogP contribution in [0.4, 0.5) is 4.39 Å². The van der Waals surface area contributed by atoms with Gasteiger partial charge in [-0.05, 0) is 48.0 Å². The number of rotatable bonds is 11. The summed E-state index contributed by atoms with van der Waals surface area (Å²) in [6.45, 7) is 2.98. The highest BCUT2D eigenvalue weighted by atomic mass is 19.1. The van der Waals surface area contributed by atoms with Crippen LogP contribution in [0.2, 0.25) is 0 Å². The van der Waals surface area contributed by atoms with Gasteiger partial charge in [0.25, 0.3) is 0 Å². The molecule has 0 heterocycles. The van der Waals surface area contributed by atoms with Gasteiger partial charge < -0.3 is 15.2 Å². The molecule has 0 amide bonds. The Bertz CT molecular complexity index is 870. The van der Waals surface area contributed by atoms with Crippen LogP contribution in [0.25, 0.3) is 0 Å². The molecular weight excluding hydrogens is 379 g/mol. The monoisotopic (exact) mass is 408 g/mol. The largest absolute Gasteiger partial charge is 0.491 e. The SMILES string of the molecule is CN(Cc1ccccc1)CC(O)COc1ccc(CNCc2ccc(F)cc2)cc1. The van der Waals surface area contributed by atoms with Crippen LogP contribution in [0.15, 0.2) is 78.9 Å². The van der Waals surface area contributed by atoms with Crippen LogP contribution in [-0.4, -0.2) is 36.3 Å². The molecule has 1 atom stereocenters. The van der Waals surface area contributed by atoms with Gasteiger partial charge >= 0.3 is 0 Å². The summed E-state index contributed by atoms with van der Waals surface area (Å²) in [7, 11) is 1.99. The smallest absolute Gasteiger partial charge is 0.123 e. The van der Waals surface area contributed by atoms with Gasteiger partial charge in [0.15, 0.2) is 0 Å². The zero-order valence-corrected chi connectivity index (χ0v) is 17.3. The van der Waals surface area contributed by atoms with Crippen LogP contribution in [0.3, 0.4) is 0 Å². The van der Waals surface area contributed by atoms with Crippen molar-refractivity contribution in [1.82, 2.24) is 10.2 Å². The molecule has 0 aliphatic carbocycles. The maximum Gasteiger partial charge on any atom is 0.123 e. The van der Waals surface area contributed by atoms with E-state index in [1.165, 1.54) is 17.7 Å². The predicted molar refractivity (Wildman–Crippen MR) is 118 cm³/mol. The second-order valence-corrected chi connectivity index (χ2v) is 7.52. The molecule has 3 rings (SSSR count). The first kappa shape index (κ1) is 22.0. The summed E-state index contributed by atoms with van der Waals surface area (Å²) in [4.78, 5) is 2.08. The van der Waals surface area contributed by atoms with E-state index in [-0.39, 0.29) is 12.4 Å². The minimum atomic E-state index is -0.559. The Kier molecular flexibility index (Phi) is 8.39. The highest BCUT2D eigenvalue weighted by Crippen LogP contribution is 2.13. The van der Waals surface area contributed by atoms with E-state index in [1.54, 1.807) is 12.1 Å². The number of hydrogen-bond acceptors (Lipinski definition) is 4. The van der Waals surface area contributed by atoms with Crippen molar-refractivity contribution < 1.29 is 14.2 Å². The fraction of sp³-hybridized carbons (Fsp3) is 0.280. The van der Waals surface area contributed by atoms with Crippen LogP contribution < -0.4 is 10.1 Å². The van der Waals surface area contributed by atoms with Gasteiger partial charge in [-0.3, -0.25) is 4.90 Å². The van der Waals surface area contributed by atoms with Crippen molar-refractivity contribution in [3.63, 3.8) is 0 Å². The number of ether oxygens (including phenoxy) is 1. The lowest BCUT2D eigenvalue weighted by molar-refractivity contribution is 0.0744. The molecule has 0 saturated carbocycles. The Morgan fingerprint density at radius 3 is 2.10 bits per heavy atom. The molecule has 0 radical (unpaired) electrons. The third-order valence-corrected chi connectivity index (χ3v) is 4.75. The summed E-state index contributed by atoms with van der Waals surface area (Å²) in [5.74, 6) is 0.518. The molecule has 0 aromatic heterocycles. The Labute approximate surface area is 177 Å². The number of benzene rings is 3. The lowest BCUT2D eigenvalue weighted by Gasteiger charge is -2.21. The average Bonchev–Trinajstić information content (AvgIpc) is 2.75. The van der Waals surface area contributed by atoms with Crippen molar-refractivity contribution in [2.45, 2.75) is 25.7 Å². The van der Waals surface area contributed by atoms with Crippen LogP contribution in [-0.2, 0) is 19.6 Å². The molecule has 3 aromatic carbocycles. The number of halogens is 1. The van der Waals surface area contributed by atoms with Crippen LogP contribution in [0.5, 0.6) is 5.75 Å². The molecule has 4 nitrogen and oxygen atoms in total. The van der Waals surface area contributed by atoms with Crippen molar-refractivity contribution in [1.29, 1.82) is 0 Å². The molecule has 3 aromatic rings. The number of nitrogens with one attached hydrogen (secondary N) is 1. The van der Waals surface area contributed by atoms with Gasteiger partial charge in [-0.15, -0.1) is 0 Å². The van der Waals surface area contributed by atoms with Crippen LogP contribution in [0, 0.1) is 5.82 Å². The second-order valence-electron chi connectivity index (χ2n) is 7.52. The van der Waals surface area contributed by atoms with Crippen molar-refractivity contribution >= 4 is 0 Å². The Hall–Kier alpha value is -2.73. The molecule has 0 aliphatic rings. The second kappa shape index (κ2) is 11.5. The molecule has 158 valence electrons. The van der Waals surface area contributed by atoms with Crippen LogP contribution in [0.1, 0.15) is 16.7 Å². The lowest BCUT2D eigenvalue weighted by Crippen LogP contribution is -2.32. The van der Waals surface area contributed by atoms with Crippen molar-refractivity contribution in [3.8, 4) is 5.75 Å². The molecule has 1 unspecified atom stereocenters. The van der Waals surface area contributed by atoms with E-state index in [1.807, 2.05) is 49.5 Å². The molecule has 0 bridgehead atoms. The third-order valence-electron chi connectivity index (χ3n) is 4.75. The van der Waals surface area contributed by atoms with E-state index in [0.29, 0.717) is 19.6 Å². The standard InChI is InChI=1S/C25H29FN2O2/c1-28(17-22-5-3-2-4-6-22)18-24(29)19-30-25-13-9-21(10-14-25)16-27-15-20-7-11-23(26)12-8-20/h2-14,24,27,29H,15-19H2,1H3. The number of aliphatic hydroxyl groups excluding tert-OH is 1. The predicted octanol–water partition coefficient (Wildman–Crippen LogP) is 3.99. The summed E-state index contributed by atoms with van der Waals surface area (Å²) < 4.78 is 18.7. The maximum absolute atomic E-state index is 12.9. The molecule has 30 heavy (non-hydrogen) atoms. The van der Waals surface area contributed by atoms with Gasteiger partial charge in [0.2, 0.25) is 0 Å². The Morgan fingerprint density at radius 1 is 0.867 bits per heavy atom. The summed E-state index contributed by atoms with van der Waals surface area (Å²) in [5, 5.41) is 13.6. The van der Waals surface area contributed by atoms with E-state index < -0.39 is 6.10 Å². The highest BCUT2D eigenvalue weighted by Gasteiger charge is 2.10. The average molecular weight is 409 g/mol. The topological polar surface area (TPSA) is 44.7 Å². The summed E-state index contributed by atoms with van der Waals surface area (Å²) in [6.07, 6.45) is -0.559. The third kappa shape index (κ3) is 7.59. The van der Waals surface area contributed by atoms with Gasteiger partial charge in [-0.2, -0.15) is 0 Å². The number of aliphatic hydroxyl groups is 1. The molecule has 5 heteroatoms. The summed E-state index contributed by atoms with van der Waals surface area (Å²) in [5.41, 5.74) is 3.40. The lowest BCUT2D eigenvalue weighted by atomic mass is 10.2. The number of nitrogens with zero attached hydrogens (tertiary/aromatic N) is 1. The van der Waals surface area contributed by atoms with Gasteiger partial charge in [0, 0.05) is 26.2 Å². The molecule has 0 aliphatic heterocycles. The van der Waals surface area contributed by atoms with Crippen molar-refractivity contribution in [3.05, 3.63) is 101 Å². The van der Waals surface area contributed by atoms with Gasteiger partial charge in [-0.1, -0.05) is 54.6 Å². The normalized spacial score (nSPS) is 12.1. The fourth-order valence-electron chi connectivity index (χ4n) is 3.22. The molecule has 0 fully saturated rings. The van der Waals surface area contributed by atoms with Crippen molar-refractivity contribution in [2.75, 3.05) is 20.2 Å². The Balaban J connectivity index is 1.35. The van der Waals surface area contributed by atoms with E-state index in [9.17, 15) is 9.50 Å². The van der Waals surface area contributed by atoms with Gasteiger partial charge in [0.05, 0.1) is 0 Å². The van der Waals surface area contributed by atoms with Crippen molar-refractivity contribution in [2.24, 2.45) is 0 Å². The molecular formula is C25H29FN2O2. The van der Waals surface area contributed by atoms with E-state index >= 15 is 0 Å². The zero-order chi connectivity index (χ0) is 21.2. The highest BCUT2D eigenvalue weighted by molar-refractivity contribution is 5.27. The fourth-order valence-corrected chi connectivity index (χ4v) is 3.22. The quantitative estimate of drug-likeness (QED) is 0.504. The van der Waals surface area contributed by atoms with Gasteiger partial charge in [0.1, 0.15) is 24.3 Å². The maximum atomic E-state index is 12.9. The van der Waals surface area contributed by atoms with Crippen LogP contribution >= 0.6 is 0 Å². The minimum Gasteiger partial charge on any atom is -0.491 e. The minimum absolute atomic E-state index is 0.220. The molecule has 0 saturated heterocycles. The number of hydrogen-bond donors (Lipinski definition) is 2. The first-order chi connectivity index (χ1) is 14.6. The zero-order valence-electron chi connectivity index (χ0n) is 17.3. The number of likely N-dealkylation sites (N-methyl/N-ethyl adjacent to an activating group) is 1. The Morgan fingerprint density at radius 2 is 1.47 bits per heavy atom. The first-order valence-electron chi connectivity index (χ1n) is 10.2. The summed E-state index contributed by atoms with van der Waals surface area (Å²) in [6, 6.07) is 24.5. The van der Waals surface area contributed by atoms with E-state index in [0.717, 1.165) is 23.4 Å². The van der Waals surface area contributed by atoms with Gasteiger partial charge in [-0.25, -0.2) is 4.39 Å². The van der Waals surface area contributed by atoms with E-state index in [4.69, 9.17) is 4.74 Å². The van der Waals surface area contributed by atoms with E-state index in [2.05, 4.69) is 22.3 Å².